The van der Waals surface area contributed by atoms with E-state index < -0.39 is 68.2 Å². The summed E-state index contributed by atoms with van der Waals surface area (Å²) in [5.41, 5.74) is 1.39. The SMILES string of the molecule is CC1(O[Si](C)(C)C)[C@H](O[Si](C)(C)C(C)(C)C)CC(=CCO)C[C@H]1O[Si](C)(C)C(C)(C)C.CC1(O[Si](C)(C)C)[C@H](O[Si](C)(C)C(C)(C)C)CC(=CCP(=O)(c2ccccc2)c2ccccc2)C[C@H]1O[Si](C)(C)C(C)(C)C. The van der Waals surface area contributed by atoms with E-state index in [2.05, 4.69) is 195 Å². The molecule has 0 saturated heterocycles. The van der Waals surface area contributed by atoms with E-state index in [4.69, 9.17) is 26.6 Å². The van der Waals surface area contributed by atoms with E-state index in [-0.39, 0.29) is 51.2 Å². The Bertz CT molecular complexity index is 2130. The quantitative estimate of drug-likeness (QED) is 0.0951. The van der Waals surface area contributed by atoms with Gasteiger partial charge in [-0.25, -0.2) is 0 Å². The fourth-order valence-corrected chi connectivity index (χ4v) is 20.3. The van der Waals surface area contributed by atoms with Crippen molar-refractivity contribution in [2.75, 3.05) is 12.8 Å². The molecule has 2 aromatic carbocycles. The van der Waals surface area contributed by atoms with Crippen molar-refractivity contribution in [3.8, 4) is 0 Å². The van der Waals surface area contributed by atoms with Crippen molar-refractivity contribution in [2.45, 2.75) is 270 Å². The lowest BCUT2D eigenvalue weighted by Gasteiger charge is -2.55. The van der Waals surface area contributed by atoms with Gasteiger partial charge in [0.05, 0.1) is 31.0 Å². The van der Waals surface area contributed by atoms with Crippen LogP contribution in [0.2, 0.25) is 112 Å². The number of rotatable bonds is 17. The maximum absolute atomic E-state index is 14.9. The average molecular weight is 1160 g/mol. The molecule has 2 aliphatic carbocycles. The molecule has 0 radical (unpaired) electrons. The Morgan fingerprint density at radius 3 is 0.920 bits per heavy atom. The fraction of sp³-hybridized carbons (Fsp3) is 0.733. The lowest BCUT2D eigenvalue weighted by Crippen LogP contribution is -2.65. The largest absolute Gasteiger partial charge is 0.411 e. The number of hydrogen-bond donors (Lipinski definition) is 1. The third-order valence-electron chi connectivity index (χ3n) is 17.7. The second-order valence-electron chi connectivity index (χ2n) is 30.6. The van der Waals surface area contributed by atoms with Gasteiger partial charge in [0.15, 0.2) is 49.9 Å². The van der Waals surface area contributed by atoms with Crippen molar-refractivity contribution < 1.29 is 36.2 Å². The maximum atomic E-state index is 14.9. The molecule has 15 heteroatoms. The Labute approximate surface area is 467 Å². The summed E-state index contributed by atoms with van der Waals surface area (Å²) in [7, 11) is -15.2. The first-order valence-electron chi connectivity index (χ1n) is 28.3. The molecule has 0 heterocycles. The second kappa shape index (κ2) is 24.3. The van der Waals surface area contributed by atoms with Gasteiger partial charge in [-0.2, -0.15) is 0 Å². The van der Waals surface area contributed by atoms with Crippen molar-refractivity contribution in [1.82, 2.24) is 0 Å². The van der Waals surface area contributed by atoms with Crippen molar-refractivity contribution in [3.63, 3.8) is 0 Å². The standard InChI is InChI=1S/C36H61O4PSi3.C24H52O4Si3/c1-34(2,3)43(11,12)38-32-27-29(25-26-41(37,30-21-17-15-18-22-30)31-23-19-16-20-24-31)28-33(36(32,7)40-42(8,9)10)39-44(13,14)35(4,5)6;1-22(2,3)30(11,12)26-20-17-19(15-16-25)18-21(24(20,7)28-29(8,9)10)27-31(13,14)23(4,5)6/h15-25,32-33H,26-28H2,1-14H3;15,20-21,25H,16-18H2,1-14H3/t32-,33-,36?;20-,21-,24?/m11/s1. The molecule has 430 valence electrons. The molecule has 0 aromatic heterocycles. The van der Waals surface area contributed by atoms with Crippen LogP contribution in [-0.4, -0.2) is 103 Å². The van der Waals surface area contributed by atoms with Crippen LogP contribution >= 0.6 is 7.14 Å². The first-order chi connectivity index (χ1) is 33.5. The minimum atomic E-state index is -2.90. The maximum Gasteiger partial charge on any atom is 0.192 e. The minimum Gasteiger partial charge on any atom is -0.411 e. The third-order valence-corrected chi connectivity index (χ3v) is 40.7. The predicted octanol–water partition coefficient (Wildman–Crippen LogP) is 17.2. The van der Waals surface area contributed by atoms with Crippen LogP contribution in [0.1, 0.15) is 123 Å². The highest BCUT2D eigenvalue weighted by atomic mass is 31.2. The average Bonchev–Trinajstić information content (AvgIpc) is 3.21. The topological polar surface area (TPSA) is 92.7 Å². The zero-order chi connectivity index (χ0) is 58.1. The Morgan fingerprint density at radius 1 is 0.467 bits per heavy atom. The van der Waals surface area contributed by atoms with Crippen molar-refractivity contribution in [1.29, 1.82) is 0 Å². The van der Waals surface area contributed by atoms with E-state index in [0.717, 1.165) is 36.3 Å². The van der Waals surface area contributed by atoms with Gasteiger partial charge in [-0.15, -0.1) is 0 Å². The molecule has 2 saturated carbocycles. The van der Waals surface area contributed by atoms with Gasteiger partial charge in [0, 0.05) is 16.8 Å². The summed E-state index contributed by atoms with van der Waals surface area (Å²) in [5, 5.41) is 11.8. The molecule has 0 aliphatic heterocycles. The number of benzene rings is 2. The molecule has 4 rings (SSSR count). The van der Waals surface area contributed by atoms with Crippen molar-refractivity contribution in [3.05, 3.63) is 84.0 Å². The zero-order valence-electron chi connectivity index (χ0n) is 53.2. The lowest BCUT2D eigenvalue weighted by molar-refractivity contribution is -0.122. The van der Waals surface area contributed by atoms with E-state index in [9.17, 15) is 9.67 Å². The van der Waals surface area contributed by atoms with Crippen LogP contribution in [0.15, 0.2) is 84.0 Å². The van der Waals surface area contributed by atoms with Crippen LogP contribution < -0.4 is 10.6 Å². The molecular formula is C60H113O8PSi6. The third kappa shape index (κ3) is 17.8. The summed E-state index contributed by atoms with van der Waals surface area (Å²) in [6, 6.07) is 20.0. The minimum absolute atomic E-state index is 0.0561. The molecule has 1 N–H and O–H groups in total. The fourth-order valence-electron chi connectivity index (χ4n) is 9.11. The van der Waals surface area contributed by atoms with Crippen molar-refractivity contribution >= 4 is 67.7 Å². The first kappa shape index (κ1) is 68.4. The number of allylic oxidation sites excluding steroid dienone is 1. The van der Waals surface area contributed by atoms with E-state index in [1.54, 1.807) is 0 Å². The summed E-state index contributed by atoms with van der Waals surface area (Å²) >= 11 is 0. The molecular weight excluding hydrogens is 1050 g/mol. The van der Waals surface area contributed by atoms with E-state index in [1.165, 1.54) is 11.1 Å². The molecule has 0 bridgehead atoms. The second-order valence-corrected chi connectivity index (χ2v) is 61.3. The Balaban J connectivity index is 0.000000421. The van der Waals surface area contributed by atoms with Crippen LogP contribution in [0, 0.1) is 0 Å². The molecule has 75 heavy (non-hydrogen) atoms. The van der Waals surface area contributed by atoms with E-state index in [0.29, 0.717) is 6.16 Å². The monoisotopic (exact) mass is 1160 g/mol. The number of aliphatic hydroxyl groups excluding tert-OH is 1. The summed E-state index contributed by atoms with van der Waals surface area (Å²) < 4.78 is 57.9. The van der Waals surface area contributed by atoms with E-state index >= 15 is 0 Å². The van der Waals surface area contributed by atoms with Gasteiger partial charge < -0.3 is 36.2 Å². The molecule has 2 fully saturated rings. The van der Waals surface area contributed by atoms with Gasteiger partial charge in [0.1, 0.15) is 18.3 Å². The van der Waals surface area contributed by atoms with E-state index in [1.807, 2.05) is 66.7 Å². The summed E-state index contributed by atoms with van der Waals surface area (Å²) in [4.78, 5) is 0. The number of aliphatic hydroxyl groups is 1. The van der Waals surface area contributed by atoms with Gasteiger partial charge in [-0.05, 0) is 151 Å². The predicted molar refractivity (Wildman–Crippen MR) is 340 cm³/mol. The smallest absolute Gasteiger partial charge is 0.192 e. The Morgan fingerprint density at radius 2 is 0.707 bits per heavy atom. The van der Waals surface area contributed by atoms with Crippen LogP contribution in [0.5, 0.6) is 0 Å². The molecule has 2 aliphatic rings. The first-order valence-corrected chi connectivity index (χ1v) is 48.6. The van der Waals surface area contributed by atoms with Gasteiger partial charge in [0.25, 0.3) is 0 Å². The Hall–Kier alpha value is -0.829. The van der Waals surface area contributed by atoms with Crippen LogP contribution in [0.3, 0.4) is 0 Å². The molecule has 0 amide bonds. The Kier molecular flexibility index (Phi) is 22.2. The van der Waals surface area contributed by atoms with Gasteiger partial charge >= 0.3 is 0 Å². The highest BCUT2D eigenvalue weighted by molar-refractivity contribution is 7.78. The molecule has 4 atom stereocenters. The summed E-state index contributed by atoms with van der Waals surface area (Å²) in [5.74, 6) is 0. The van der Waals surface area contributed by atoms with Gasteiger partial charge in [0.2, 0.25) is 0 Å². The van der Waals surface area contributed by atoms with Crippen LogP contribution in [0.4, 0.5) is 0 Å². The molecule has 8 nitrogen and oxygen atoms in total. The summed E-state index contributed by atoms with van der Waals surface area (Å²) in [6.45, 7) is 64.2. The normalized spacial score (nSPS) is 24.4. The van der Waals surface area contributed by atoms with Crippen LogP contribution in [-0.2, 0) is 31.1 Å². The van der Waals surface area contributed by atoms with Crippen molar-refractivity contribution in [2.24, 2.45) is 0 Å². The zero-order valence-corrected chi connectivity index (χ0v) is 60.1. The van der Waals surface area contributed by atoms with Gasteiger partial charge in [-0.1, -0.05) is 167 Å². The highest BCUT2D eigenvalue weighted by Crippen LogP contribution is 2.51. The lowest BCUT2D eigenvalue weighted by atomic mass is 9.78. The number of hydrogen-bond acceptors (Lipinski definition) is 8. The summed E-state index contributed by atoms with van der Waals surface area (Å²) in [6.07, 6.45) is 7.33. The molecule has 0 unspecified atom stereocenters. The van der Waals surface area contributed by atoms with Crippen LogP contribution in [0.25, 0.3) is 0 Å². The molecule has 0 spiro atoms. The molecule has 2 aromatic rings. The van der Waals surface area contributed by atoms with Gasteiger partial charge in [-0.3, -0.25) is 0 Å². The highest BCUT2D eigenvalue weighted by Gasteiger charge is 2.57.